The van der Waals surface area contributed by atoms with Crippen LogP contribution in [0.4, 0.5) is 5.69 Å². The van der Waals surface area contributed by atoms with E-state index in [2.05, 4.69) is 37.2 Å². The minimum Gasteiger partial charge on any atom is -0.322 e. The first-order valence-corrected chi connectivity index (χ1v) is 8.19. The number of carbonyl (C=O) groups excluding carboxylic acids is 1. The highest BCUT2D eigenvalue weighted by Crippen LogP contribution is 2.21. The second-order valence-corrected chi connectivity index (χ2v) is 6.81. The Balaban J connectivity index is 2.03. The van der Waals surface area contributed by atoms with Crippen molar-refractivity contribution in [2.24, 2.45) is 0 Å². The summed E-state index contributed by atoms with van der Waals surface area (Å²) in [6.45, 7) is 0. The molecule has 0 aliphatic rings. The molecule has 0 bridgehead atoms. The van der Waals surface area contributed by atoms with Crippen LogP contribution in [0.3, 0.4) is 0 Å². The van der Waals surface area contributed by atoms with Crippen LogP contribution in [-0.4, -0.2) is 11.2 Å². The van der Waals surface area contributed by atoms with Gasteiger partial charge in [0.05, 0.1) is 9.35 Å². The Morgan fingerprint density at radius 1 is 1.28 bits per heavy atom. The van der Waals surface area contributed by atoms with Crippen molar-refractivity contribution in [3.05, 3.63) is 50.6 Å². The van der Waals surface area contributed by atoms with Gasteiger partial charge in [-0.05, 0) is 46.1 Å². The van der Waals surface area contributed by atoms with E-state index in [0.717, 1.165) is 21.2 Å². The van der Waals surface area contributed by atoms with Gasteiger partial charge in [0.25, 0.3) is 5.91 Å². The summed E-state index contributed by atoms with van der Waals surface area (Å²) in [5.74, 6) is -0.0785. The number of hydrogen-bond acceptors (Lipinski definition) is 2. The van der Waals surface area contributed by atoms with Crippen molar-refractivity contribution >= 4 is 54.8 Å². The maximum Gasteiger partial charge on any atom is 0.256 e. The molecular weight excluding hydrogens is 378 g/mol. The number of aryl methyl sites for hydroxylation is 1. The molecule has 0 saturated heterocycles. The van der Waals surface area contributed by atoms with Crippen molar-refractivity contribution in [3.63, 3.8) is 0 Å². The molecular formula is C13H11Br2NOS. The number of amides is 1. The second-order valence-electron chi connectivity index (χ2n) is 3.73. The first kappa shape index (κ1) is 13.8. The Morgan fingerprint density at radius 3 is 2.56 bits per heavy atom. The molecule has 0 fully saturated rings. The summed E-state index contributed by atoms with van der Waals surface area (Å²) in [4.78, 5) is 11.9. The third-order valence-electron chi connectivity index (χ3n) is 2.42. The van der Waals surface area contributed by atoms with Crippen molar-refractivity contribution in [3.8, 4) is 0 Å². The number of hydrogen-bond donors (Lipinski definition) is 1. The molecule has 1 aromatic carbocycles. The second kappa shape index (κ2) is 6.50. The summed E-state index contributed by atoms with van der Waals surface area (Å²) < 4.78 is 0.959. The lowest BCUT2D eigenvalue weighted by atomic mass is 10.1. The van der Waals surface area contributed by atoms with Crippen molar-refractivity contribution in [1.82, 2.24) is 0 Å². The average Bonchev–Trinajstić information content (AvgIpc) is 2.79. The standard InChI is InChI=1S/C13H11Br2NOS/c14-6-5-9-1-3-11(4-2-9)16-13(17)10-7-12(15)18-8-10/h1-4,7-8H,5-6H2,(H,16,17). The molecule has 1 aromatic heterocycles. The zero-order valence-electron chi connectivity index (χ0n) is 9.45. The maximum atomic E-state index is 11.9. The van der Waals surface area contributed by atoms with E-state index in [0.29, 0.717) is 5.56 Å². The molecule has 0 aliphatic heterocycles. The van der Waals surface area contributed by atoms with Gasteiger partial charge < -0.3 is 5.32 Å². The van der Waals surface area contributed by atoms with Crippen LogP contribution in [-0.2, 0) is 6.42 Å². The number of carbonyl (C=O) groups is 1. The van der Waals surface area contributed by atoms with E-state index in [9.17, 15) is 4.79 Å². The Kier molecular flexibility index (Phi) is 4.97. The van der Waals surface area contributed by atoms with E-state index in [1.165, 1.54) is 16.9 Å². The highest BCUT2D eigenvalue weighted by Gasteiger charge is 2.07. The lowest BCUT2D eigenvalue weighted by Crippen LogP contribution is -2.10. The number of rotatable bonds is 4. The monoisotopic (exact) mass is 387 g/mol. The van der Waals surface area contributed by atoms with Gasteiger partial charge in [0, 0.05) is 16.4 Å². The number of benzene rings is 1. The van der Waals surface area contributed by atoms with Crippen molar-refractivity contribution in [1.29, 1.82) is 0 Å². The molecule has 0 saturated carbocycles. The van der Waals surface area contributed by atoms with Crippen LogP contribution in [0.25, 0.3) is 0 Å². The number of halogens is 2. The first-order chi connectivity index (χ1) is 8.69. The van der Waals surface area contributed by atoms with E-state index >= 15 is 0 Å². The van der Waals surface area contributed by atoms with Crippen molar-refractivity contribution in [2.75, 3.05) is 10.6 Å². The molecule has 1 amide bonds. The molecule has 0 radical (unpaired) electrons. The van der Waals surface area contributed by atoms with Gasteiger partial charge in [-0.2, -0.15) is 0 Å². The molecule has 2 aromatic rings. The van der Waals surface area contributed by atoms with Crippen LogP contribution in [0.15, 0.2) is 39.5 Å². The SMILES string of the molecule is O=C(Nc1ccc(CCBr)cc1)c1csc(Br)c1. The van der Waals surface area contributed by atoms with Gasteiger partial charge in [-0.25, -0.2) is 0 Å². The third-order valence-corrected chi connectivity index (χ3v) is 4.33. The zero-order chi connectivity index (χ0) is 13.0. The van der Waals surface area contributed by atoms with Crippen LogP contribution in [0, 0.1) is 0 Å². The molecule has 1 N–H and O–H groups in total. The first-order valence-electron chi connectivity index (χ1n) is 5.39. The normalized spacial score (nSPS) is 10.3. The summed E-state index contributed by atoms with van der Waals surface area (Å²) in [6, 6.07) is 9.73. The fourth-order valence-corrected chi connectivity index (χ4v) is 3.09. The van der Waals surface area contributed by atoms with Gasteiger partial charge in [-0.3, -0.25) is 4.79 Å². The van der Waals surface area contributed by atoms with Crippen molar-refractivity contribution < 1.29 is 4.79 Å². The molecule has 18 heavy (non-hydrogen) atoms. The lowest BCUT2D eigenvalue weighted by Gasteiger charge is -2.04. The topological polar surface area (TPSA) is 29.1 Å². The van der Waals surface area contributed by atoms with Gasteiger partial charge in [0.2, 0.25) is 0 Å². The molecule has 2 nitrogen and oxygen atoms in total. The molecule has 0 spiro atoms. The molecule has 1 heterocycles. The van der Waals surface area contributed by atoms with Crippen LogP contribution in [0.1, 0.15) is 15.9 Å². The van der Waals surface area contributed by atoms with Crippen LogP contribution in [0.2, 0.25) is 0 Å². The Morgan fingerprint density at radius 2 is 2.00 bits per heavy atom. The van der Waals surface area contributed by atoms with Gasteiger partial charge in [0.1, 0.15) is 0 Å². The highest BCUT2D eigenvalue weighted by molar-refractivity contribution is 9.11. The van der Waals surface area contributed by atoms with Crippen LogP contribution >= 0.6 is 43.2 Å². The summed E-state index contributed by atoms with van der Waals surface area (Å²) in [6.07, 6.45) is 0.992. The zero-order valence-corrected chi connectivity index (χ0v) is 13.4. The minimum atomic E-state index is -0.0785. The predicted octanol–water partition coefficient (Wildman–Crippen LogP) is 4.70. The summed E-state index contributed by atoms with van der Waals surface area (Å²) in [7, 11) is 0. The molecule has 94 valence electrons. The molecule has 5 heteroatoms. The summed E-state index contributed by atoms with van der Waals surface area (Å²) in [5, 5.41) is 5.65. The average molecular weight is 389 g/mol. The van der Waals surface area contributed by atoms with Gasteiger partial charge in [-0.1, -0.05) is 28.1 Å². The molecule has 0 atom stereocenters. The maximum absolute atomic E-state index is 11.9. The van der Waals surface area contributed by atoms with Gasteiger partial charge in [-0.15, -0.1) is 11.3 Å². The van der Waals surface area contributed by atoms with E-state index in [-0.39, 0.29) is 5.91 Å². The fourth-order valence-electron chi connectivity index (χ4n) is 1.50. The van der Waals surface area contributed by atoms with Crippen LogP contribution < -0.4 is 5.32 Å². The highest BCUT2D eigenvalue weighted by atomic mass is 79.9. The Labute approximate surface area is 127 Å². The predicted molar refractivity (Wildman–Crippen MR) is 83.9 cm³/mol. The quantitative estimate of drug-likeness (QED) is 0.755. The van der Waals surface area contributed by atoms with E-state index in [1.54, 1.807) is 0 Å². The third kappa shape index (κ3) is 3.67. The van der Waals surface area contributed by atoms with E-state index in [4.69, 9.17) is 0 Å². The molecule has 2 rings (SSSR count). The van der Waals surface area contributed by atoms with Gasteiger partial charge in [0.15, 0.2) is 0 Å². The fraction of sp³-hybridized carbons (Fsp3) is 0.154. The number of nitrogens with one attached hydrogen (secondary N) is 1. The van der Waals surface area contributed by atoms with Crippen LogP contribution in [0.5, 0.6) is 0 Å². The number of anilines is 1. The lowest BCUT2D eigenvalue weighted by molar-refractivity contribution is 0.102. The summed E-state index contributed by atoms with van der Waals surface area (Å²) >= 11 is 8.25. The minimum absolute atomic E-state index is 0.0785. The Bertz CT molecular complexity index is 536. The number of thiophene rings is 1. The number of alkyl halides is 1. The van der Waals surface area contributed by atoms with E-state index in [1.807, 2.05) is 35.7 Å². The van der Waals surface area contributed by atoms with Gasteiger partial charge >= 0.3 is 0 Å². The Hall–Kier alpha value is -0.650. The largest absolute Gasteiger partial charge is 0.322 e. The smallest absolute Gasteiger partial charge is 0.256 e. The molecule has 0 aliphatic carbocycles. The summed E-state index contributed by atoms with van der Waals surface area (Å²) in [5.41, 5.74) is 2.75. The molecule has 0 unspecified atom stereocenters. The van der Waals surface area contributed by atoms with Crippen molar-refractivity contribution in [2.45, 2.75) is 6.42 Å². The van der Waals surface area contributed by atoms with E-state index < -0.39 is 0 Å².